The molecule has 4 aromatic rings. The number of carbonyl (C=O) groups excluding carboxylic acids is 1. The second kappa shape index (κ2) is 10.1. The minimum absolute atomic E-state index is 0.0210. The summed E-state index contributed by atoms with van der Waals surface area (Å²) in [6, 6.07) is 4.37. The Labute approximate surface area is 256 Å². The average molecular weight is 600 g/mol. The smallest absolute Gasteiger partial charge is 0.245 e. The number of nitrogens with one attached hydrogen (secondary N) is 1. The van der Waals surface area contributed by atoms with Gasteiger partial charge in [0.25, 0.3) is 0 Å². The first-order valence-electron chi connectivity index (χ1n) is 15.1. The van der Waals surface area contributed by atoms with E-state index in [0.29, 0.717) is 0 Å². The summed E-state index contributed by atoms with van der Waals surface area (Å²) in [5.41, 5.74) is 6.23. The minimum atomic E-state index is -0.186. The SMILES string of the molecule is C=CC(=O)N1CC2(CC(n3nc(N4CCN(c5ccnnc5)C[C@]4(C)CC)c(-c4c(Cl)c(C)cc5[nH]ncc45)c3C)C2)C1. The van der Waals surface area contributed by atoms with Crippen molar-refractivity contribution in [2.24, 2.45) is 5.41 Å². The van der Waals surface area contributed by atoms with E-state index in [4.69, 9.17) is 16.7 Å². The predicted octanol–water partition coefficient (Wildman–Crippen LogP) is 5.33. The molecule has 1 N–H and O–H groups in total. The highest BCUT2D eigenvalue weighted by atomic mass is 35.5. The van der Waals surface area contributed by atoms with E-state index in [9.17, 15) is 4.79 Å². The standard InChI is InChI=1S/C32H38ClN9O/c1-6-26(43)40-18-32(19-40)13-23(14-32)42-21(4)27(28-24-16-36-37-25(24)12-20(3)29(28)33)30(38-42)41-11-10-39(17-31(41,5)7-2)22-8-9-34-35-15-22/h6,8-9,12,15-16,23H,1,7,10-11,13-14,17-19H2,2-5H3,(H,36,37)/t31-/m0/s1. The highest BCUT2D eigenvalue weighted by Crippen LogP contribution is 2.56. The number of anilines is 2. The second-order valence-corrected chi connectivity index (χ2v) is 13.3. The molecule has 11 heteroatoms. The summed E-state index contributed by atoms with van der Waals surface area (Å²) in [6.07, 6.45) is 9.84. The zero-order chi connectivity index (χ0) is 30.1. The first kappa shape index (κ1) is 27.9. The number of aryl methyl sites for hydroxylation is 1. The van der Waals surface area contributed by atoms with Gasteiger partial charge in [-0.05, 0) is 63.8 Å². The number of piperazine rings is 1. The van der Waals surface area contributed by atoms with Crippen molar-refractivity contribution in [3.8, 4) is 11.1 Å². The van der Waals surface area contributed by atoms with Crippen molar-refractivity contribution in [3.05, 3.63) is 59.7 Å². The molecule has 3 aliphatic rings. The highest BCUT2D eigenvalue weighted by Gasteiger charge is 2.54. The molecule has 0 bridgehead atoms. The van der Waals surface area contributed by atoms with Gasteiger partial charge < -0.3 is 14.7 Å². The Hall–Kier alpha value is -3.92. The number of nitrogens with zero attached hydrogens (tertiary/aromatic N) is 8. The van der Waals surface area contributed by atoms with E-state index in [-0.39, 0.29) is 22.9 Å². The molecule has 224 valence electrons. The van der Waals surface area contributed by atoms with Gasteiger partial charge >= 0.3 is 0 Å². The van der Waals surface area contributed by atoms with E-state index >= 15 is 0 Å². The number of rotatable bonds is 6. The van der Waals surface area contributed by atoms with Crippen LogP contribution in [0.15, 0.2) is 43.4 Å². The van der Waals surface area contributed by atoms with Crippen LogP contribution in [0.4, 0.5) is 11.5 Å². The highest BCUT2D eigenvalue weighted by molar-refractivity contribution is 6.36. The van der Waals surface area contributed by atoms with E-state index in [0.717, 1.165) is 102 Å². The number of halogens is 1. The van der Waals surface area contributed by atoms with Gasteiger partial charge in [0.2, 0.25) is 5.91 Å². The fourth-order valence-electron chi connectivity index (χ4n) is 7.63. The van der Waals surface area contributed by atoms with Crippen LogP contribution in [0.2, 0.25) is 5.02 Å². The molecule has 1 spiro atoms. The Morgan fingerprint density at radius 3 is 2.65 bits per heavy atom. The number of amides is 1. The van der Waals surface area contributed by atoms with Crippen molar-refractivity contribution >= 4 is 39.9 Å². The van der Waals surface area contributed by atoms with E-state index in [2.05, 4.69) is 68.3 Å². The number of hydrogen-bond donors (Lipinski definition) is 1. The van der Waals surface area contributed by atoms with Crippen LogP contribution in [0, 0.1) is 19.3 Å². The summed E-state index contributed by atoms with van der Waals surface area (Å²) >= 11 is 7.16. The number of aromatic amines is 1. The van der Waals surface area contributed by atoms with Crippen LogP contribution in [0.3, 0.4) is 0 Å². The molecule has 43 heavy (non-hydrogen) atoms. The third-order valence-electron chi connectivity index (χ3n) is 10.2. The summed E-state index contributed by atoms with van der Waals surface area (Å²) < 4.78 is 2.24. The number of H-pyrrole nitrogens is 1. The van der Waals surface area contributed by atoms with Gasteiger partial charge in [0.1, 0.15) is 0 Å². The molecule has 0 unspecified atom stereocenters. The number of likely N-dealkylation sites (tertiary alicyclic amines) is 1. The number of fused-ring (bicyclic) bond motifs is 1. The molecule has 10 nitrogen and oxygen atoms in total. The lowest BCUT2D eigenvalue weighted by atomic mass is 9.60. The Bertz CT molecular complexity index is 1720. The van der Waals surface area contributed by atoms with Crippen LogP contribution in [-0.4, -0.2) is 79.2 Å². The molecule has 3 aromatic heterocycles. The molecule has 2 saturated heterocycles. The zero-order valence-corrected chi connectivity index (χ0v) is 26.0. The normalized spacial score (nSPS) is 21.7. The molecule has 1 aromatic carbocycles. The Morgan fingerprint density at radius 2 is 1.95 bits per heavy atom. The quantitative estimate of drug-likeness (QED) is 0.299. The van der Waals surface area contributed by atoms with E-state index in [1.165, 1.54) is 6.08 Å². The maximum absolute atomic E-state index is 12.1. The van der Waals surface area contributed by atoms with Crippen molar-refractivity contribution in [1.29, 1.82) is 0 Å². The van der Waals surface area contributed by atoms with Crippen LogP contribution in [0.25, 0.3) is 22.0 Å². The van der Waals surface area contributed by atoms with Gasteiger partial charge in [-0.15, -0.1) is 0 Å². The summed E-state index contributed by atoms with van der Waals surface area (Å²) in [5.74, 6) is 0.995. The first-order valence-corrected chi connectivity index (χ1v) is 15.5. The van der Waals surface area contributed by atoms with Gasteiger partial charge in [0.05, 0.1) is 46.4 Å². The zero-order valence-electron chi connectivity index (χ0n) is 25.3. The monoisotopic (exact) mass is 599 g/mol. The Balaban J connectivity index is 1.30. The van der Waals surface area contributed by atoms with Crippen molar-refractivity contribution in [2.45, 2.75) is 58.5 Å². The third kappa shape index (κ3) is 4.32. The lowest BCUT2D eigenvalue weighted by Gasteiger charge is -2.58. The topological polar surface area (TPSA) is 99.1 Å². The molecular weight excluding hydrogens is 562 g/mol. The minimum Gasteiger partial charge on any atom is -0.366 e. The molecule has 1 saturated carbocycles. The molecule has 7 rings (SSSR count). The molecule has 5 heterocycles. The third-order valence-corrected chi connectivity index (χ3v) is 10.7. The van der Waals surface area contributed by atoms with Gasteiger partial charge in [0.15, 0.2) is 5.82 Å². The first-order chi connectivity index (χ1) is 20.7. The van der Waals surface area contributed by atoms with Gasteiger partial charge in [0, 0.05) is 60.3 Å². The van der Waals surface area contributed by atoms with Crippen LogP contribution in [0.1, 0.15) is 50.4 Å². The molecule has 1 aliphatic carbocycles. The number of aromatic nitrogens is 6. The number of benzene rings is 1. The lowest BCUT2D eigenvalue weighted by Crippen LogP contribution is -2.63. The molecule has 3 fully saturated rings. The van der Waals surface area contributed by atoms with Crippen molar-refractivity contribution in [1.82, 2.24) is 35.1 Å². The van der Waals surface area contributed by atoms with Crippen LogP contribution < -0.4 is 9.80 Å². The van der Waals surface area contributed by atoms with Gasteiger partial charge in [-0.1, -0.05) is 25.1 Å². The molecule has 1 amide bonds. The van der Waals surface area contributed by atoms with Gasteiger partial charge in [-0.2, -0.15) is 20.4 Å². The molecule has 1 atom stereocenters. The number of carbonyl (C=O) groups is 1. The van der Waals surface area contributed by atoms with Crippen LogP contribution in [-0.2, 0) is 4.79 Å². The van der Waals surface area contributed by atoms with Crippen molar-refractivity contribution in [3.63, 3.8) is 0 Å². The fourth-order valence-corrected chi connectivity index (χ4v) is 7.88. The number of hydrogen-bond acceptors (Lipinski definition) is 7. The maximum Gasteiger partial charge on any atom is 0.245 e. The van der Waals surface area contributed by atoms with Crippen molar-refractivity contribution in [2.75, 3.05) is 42.5 Å². The summed E-state index contributed by atoms with van der Waals surface area (Å²) in [7, 11) is 0. The average Bonchev–Trinajstić information content (AvgIpc) is 3.56. The summed E-state index contributed by atoms with van der Waals surface area (Å²) in [6.45, 7) is 16.5. The largest absolute Gasteiger partial charge is 0.366 e. The van der Waals surface area contributed by atoms with Gasteiger partial charge in [-0.25, -0.2) is 0 Å². The maximum atomic E-state index is 12.1. The lowest BCUT2D eigenvalue weighted by molar-refractivity contribution is -0.149. The van der Waals surface area contributed by atoms with E-state index in [1.807, 2.05) is 30.3 Å². The van der Waals surface area contributed by atoms with Crippen LogP contribution >= 0.6 is 11.6 Å². The van der Waals surface area contributed by atoms with Crippen molar-refractivity contribution < 1.29 is 4.79 Å². The molecular formula is C32H38ClN9O. The summed E-state index contributed by atoms with van der Waals surface area (Å²) in [4.78, 5) is 18.9. The predicted molar refractivity (Wildman–Crippen MR) is 170 cm³/mol. The van der Waals surface area contributed by atoms with Crippen LogP contribution in [0.5, 0.6) is 0 Å². The Kier molecular flexibility index (Phi) is 6.54. The molecule has 0 radical (unpaired) electrons. The van der Waals surface area contributed by atoms with E-state index in [1.54, 1.807) is 6.20 Å². The molecule has 2 aliphatic heterocycles. The van der Waals surface area contributed by atoms with Gasteiger partial charge in [-0.3, -0.25) is 14.6 Å². The fraction of sp³-hybridized carbons (Fsp3) is 0.469. The second-order valence-electron chi connectivity index (χ2n) is 12.9. The van der Waals surface area contributed by atoms with E-state index < -0.39 is 0 Å². The summed E-state index contributed by atoms with van der Waals surface area (Å²) in [5, 5.41) is 22.8. The Morgan fingerprint density at radius 1 is 1.16 bits per heavy atom.